The lowest BCUT2D eigenvalue weighted by Gasteiger charge is -2.33. The number of hydrogen-bond acceptors (Lipinski definition) is 7. The van der Waals surface area contributed by atoms with Gasteiger partial charge in [-0.25, -0.2) is 0 Å². The van der Waals surface area contributed by atoms with E-state index in [1.165, 1.54) is 16.7 Å². The predicted molar refractivity (Wildman–Crippen MR) is 114 cm³/mol. The zero-order chi connectivity index (χ0) is 20.3. The first-order chi connectivity index (χ1) is 13.4. The second-order valence-electron chi connectivity index (χ2n) is 6.56. The van der Waals surface area contributed by atoms with Gasteiger partial charge in [-0.3, -0.25) is 14.5 Å². The Balaban J connectivity index is 1.73. The molecular formula is C19H23N3O4S2. The molecule has 2 heterocycles. The number of thiocarbonyl (C=S) groups is 1. The molecule has 1 aromatic carbocycles. The van der Waals surface area contributed by atoms with Crippen molar-refractivity contribution in [1.29, 1.82) is 0 Å². The van der Waals surface area contributed by atoms with Gasteiger partial charge in [-0.2, -0.15) is 0 Å². The Labute approximate surface area is 174 Å². The molecule has 28 heavy (non-hydrogen) atoms. The lowest BCUT2D eigenvalue weighted by Crippen LogP contribution is -2.50. The highest BCUT2D eigenvalue weighted by atomic mass is 32.2. The fourth-order valence-electron chi connectivity index (χ4n) is 3.01. The zero-order valence-corrected chi connectivity index (χ0v) is 17.8. The number of piperazine rings is 1. The first-order valence-electron chi connectivity index (χ1n) is 8.86. The van der Waals surface area contributed by atoms with Crippen molar-refractivity contribution in [3.8, 4) is 11.5 Å². The first-order valence-corrected chi connectivity index (χ1v) is 10.1. The highest BCUT2D eigenvalue weighted by Gasteiger charge is 2.35. The number of methoxy groups -OCH3 is 2. The van der Waals surface area contributed by atoms with E-state index in [0.29, 0.717) is 33.8 Å². The summed E-state index contributed by atoms with van der Waals surface area (Å²) in [7, 11) is 5.17. The highest BCUT2D eigenvalue weighted by molar-refractivity contribution is 8.26. The molecule has 1 aromatic rings. The molecule has 0 N–H and O–H groups in total. The fraction of sp³-hybridized carbons (Fsp3) is 0.421. The summed E-state index contributed by atoms with van der Waals surface area (Å²) >= 11 is 6.55. The van der Waals surface area contributed by atoms with Crippen LogP contribution < -0.4 is 9.47 Å². The molecule has 0 aliphatic carbocycles. The number of benzene rings is 1. The van der Waals surface area contributed by atoms with Crippen LogP contribution in [0.3, 0.4) is 0 Å². The first kappa shape index (κ1) is 20.6. The summed E-state index contributed by atoms with van der Waals surface area (Å²) in [4.78, 5) is 31.2. The Morgan fingerprint density at radius 2 is 1.93 bits per heavy atom. The third kappa shape index (κ3) is 4.48. The molecular weight excluding hydrogens is 398 g/mol. The van der Waals surface area contributed by atoms with Gasteiger partial charge in [-0.15, -0.1) is 0 Å². The molecule has 0 atom stereocenters. The summed E-state index contributed by atoms with van der Waals surface area (Å²) in [6.45, 7) is 2.99. The minimum atomic E-state index is -0.254. The topological polar surface area (TPSA) is 62.3 Å². The van der Waals surface area contributed by atoms with Crippen molar-refractivity contribution in [2.75, 3.05) is 54.0 Å². The summed E-state index contributed by atoms with van der Waals surface area (Å²) in [5, 5.41) is 0. The van der Waals surface area contributed by atoms with E-state index in [1.54, 1.807) is 37.3 Å². The molecule has 0 aromatic heterocycles. The Bertz CT molecular complexity index is 819. The van der Waals surface area contributed by atoms with Crippen molar-refractivity contribution in [3.05, 3.63) is 28.7 Å². The van der Waals surface area contributed by atoms with Gasteiger partial charge in [0.2, 0.25) is 5.91 Å². The maximum Gasteiger partial charge on any atom is 0.266 e. The summed E-state index contributed by atoms with van der Waals surface area (Å²) < 4.78 is 11.0. The van der Waals surface area contributed by atoms with Crippen LogP contribution in [0.4, 0.5) is 0 Å². The predicted octanol–water partition coefficient (Wildman–Crippen LogP) is 1.68. The summed E-state index contributed by atoms with van der Waals surface area (Å²) in [5.41, 5.74) is 0.745. The van der Waals surface area contributed by atoms with Gasteiger partial charge in [-0.05, 0) is 25.3 Å². The second-order valence-corrected chi connectivity index (χ2v) is 8.24. The number of carbonyl (C=O) groups excluding carboxylic acids is 2. The van der Waals surface area contributed by atoms with Gasteiger partial charge in [0.25, 0.3) is 5.91 Å². The number of hydrogen-bond donors (Lipinski definition) is 0. The Hall–Kier alpha value is -2.10. The van der Waals surface area contributed by atoms with Gasteiger partial charge in [0.15, 0.2) is 0 Å². The van der Waals surface area contributed by atoms with Gasteiger partial charge >= 0.3 is 0 Å². The fourth-order valence-corrected chi connectivity index (χ4v) is 4.25. The molecule has 9 heteroatoms. The van der Waals surface area contributed by atoms with Crippen LogP contribution >= 0.6 is 24.0 Å². The highest BCUT2D eigenvalue weighted by Crippen LogP contribution is 2.35. The Morgan fingerprint density at radius 1 is 1.21 bits per heavy atom. The van der Waals surface area contributed by atoms with Crippen LogP contribution in [0.1, 0.15) is 5.56 Å². The van der Waals surface area contributed by atoms with E-state index >= 15 is 0 Å². The number of carbonyl (C=O) groups is 2. The molecule has 0 radical (unpaired) electrons. The third-order valence-corrected chi connectivity index (χ3v) is 6.13. The van der Waals surface area contributed by atoms with Gasteiger partial charge < -0.3 is 19.3 Å². The second kappa shape index (κ2) is 8.93. The van der Waals surface area contributed by atoms with Crippen LogP contribution in [0.15, 0.2) is 23.1 Å². The smallest absolute Gasteiger partial charge is 0.266 e. The average Bonchev–Trinajstić information content (AvgIpc) is 2.96. The lowest BCUT2D eigenvalue weighted by molar-refractivity contribution is -0.136. The number of likely N-dealkylation sites (N-methyl/N-ethyl adjacent to an activating group) is 1. The standard InChI is InChI=1S/C19H23N3O4S2/c1-20-6-8-21(9-7-20)17(23)12-22-18(24)16(28-19(22)27)10-13-4-5-14(25-2)11-15(13)26-3/h4-5,10-11H,6-9,12H2,1-3H3/b16-10-. The molecule has 2 aliphatic heterocycles. The molecule has 0 unspecified atom stereocenters. The van der Waals surface area contributed by atoms with E-state index in [-0.39, 0.29) is 18.4 Å². The third-order valence-electron chi connectivity index (χ3n) is 4.75. The summed E-state index contributed by atoms with van der Waals surface area (Å²) in [6, 6.07) is 5.37. The zero-order valence-electron chi connectivity index (χ0n) is 16.1. The number of rotatable bonds is 5. The van der Waals surface area contributed by atoms with Crippen LogP contribution in [-0.4, -0.2) is 84.8 Å². The molecule has 150 valence electrons. The van der Waals surface area contributed by atoms with E-state index in [4.69, 9.17) is 21.7 Å². The lowest BCUT2D eigenvalue weighted by atomic mass is 10.1. The summed E-state index contributed by atoms with van der Waals surface area (Å²) in [5.74, 6) is 0.931. The van der Waals surface area contributed by atoms with Crippen molar-refractivity contribution in [1.82, 2.24) is 14.7 Å². The minimum Gasteiger partial charge on any atom is -0.497 e. The average molecular weight is 422 g/mol. The van der Waals surface area contributed by atoms with Gasteiger partial charge in [-0.1, -0.05) is 24.0 Å². The number of ether oxygens (including phenoxy) is 2. The number of thioether (sulfide) groups is 1. The summed E-state index contributed by atoms with van der Waals surface area (Å²) in [6.07, 6.45) is 1.73. The monoisotopic (exact) mass is 421 g/mol. The normalized spacial score (nSPS) is 19.5. The van der Waals surface area contributed by atoms with E-state index in [0.717, 1.165) is 18.7 Å². The van der Waals surface area contributed by atoms with E-state index < -0.39 is 0 Å². The molecule has 7 nitrogen and oxygen atoms in total. The maximum absolute atomic E-state index is 12.8. The molecule has 2 aliphatic rings. The van der Waals surface area contributed by atoms with Crippen LogP contribution in [-0.2, 0) is 9.59 Å². The molecule has 0 spiro atoms. The molecule has 0 saturated carbocycles. The SMILES string of the molecule is COc1ccc(/C=C2\SC(=S)N(CC(=O)N3CCN(C)CC3)C2=O)c(OC)c1. The van der Waals surface area contributed by atoms with Crippen molar-refractivity contribution < 1.29 is 19.1 Å². The van der Waals surface area contributed by atoms with Crippen molar-refractivity contribution in [3.63, 3.8) is 0 Å². The van der Waals surface area contributed by atoms with Gasteiger partial charge in [0.1, 0.15) is 22.4 Å². The largest absolute Gasteiger partial charge is 0.497 e. The molecule has 2 amide bonds. The number of nitrogens with zero attached hydrogens (tertiary/aromatic N) is 3. The van der Waals surface area contributed by atoms with Gasteiger partial charge in [0.05, 0.1) is 19.1 Å². The van der Waals surface area contributed by atoms with Crippen LogP contribution in [0.2, 0.25) is 0 Å². The minimum absolute atomic E-state index is 0.0224. The van der Waals surface area contributed by atoms with E-state index in [1.807, 2.05) is 13.1 Å². The Kier molecular flexibility index (Phi) is 6.58. The van der Waals surface area contributed by atoms with Crippen molar-refractivity contribution in [2.45, 2.75) is 0 Å². The molecule has 3 rings (SSSR count). The Morgan fingerprint density at radius 3 is 2.57 bits per heavy atom. The van der Waals surface area contributed by atoms with E-state index in [9.17, 15) is 9.59 Å². The van der Waals surface area contributed by atoms with Crippen molar-refractivity contribution in [2.24, 2.45) is 0 Å². The van der Waals surface area contributed by atoms with Crippen LogP contribution in [0, 0.1) is 0 Å². The van der Waals surface area contributed by atoms with Crippen LogP contribution in [0.25, 0.3) is 6.08 Å². The number of amides is 2. The van der Waals surface area contributed by atoms with Crippen LogP contribution in [0.5, 0.6) is 11.5 Å². The molecule has 2 fully saturated rings. The molecule has 2 saturated heterocycles. The molecule has 0 bridgehead atoms. The van der Waals surface area contributed by atoms with Crippen molar-refractivity contribution >= 4 is 46.2 Å². The maximum atomic E-state index is 12.8. The quantitative estimate of drug-likeness (QED) is 0.529. The van der Waals surface area contributed by atoms with E-state index in [2.05, 4.69) is 4.90 Å². The van der Waals surface area contributed by atoms with Gasteiger partial charge in [0, 0.05) is 37.8 Å².